The summed E-state index contributed by atoms with van der Waals surface area (Å²) in [6.07, 6.45) is 0. The van der Waals surface area contributed by atoms with E-state index in [4.69, 9.17) is 5.73 Å². The van der Waals surface area contributed by atoms with Crippen molar-refractivity contribution in [3.8, 4) is 0 Å². The maximum atomic E-state index is 12.2. The summed E-state index contributed by atoms with van der Waals surface area (Å²) in [5, 5.41) is 1.03. The molecule has 1 amide bonds. The number of hydrogen-bond acceptors (Lipinski definition) is 3. The predicted octanol–water partition coefficient (Wildman–Crippen LogP) is 1.71. The van der Waals surface area contributed by atoms with Crippen molar-refractivity contribution in [2.24, 2.45) is 11.1 Å². The van der Waals surface area contributed by atoms with Crippen molar-refractivity contribution in [2.45, 2.75) is 51.2 Å². The standard InChI is InChI=1S/C12H24N2OS/c1-8-6-14(7-9(2)16-8)11(15)10(13)12(3,4)5/h8-10H,6-7,13H2,1-5H3/t8?,9?,10-/m1/s1. The summed E-state index contributed by atoms with van der Waals surface area (Å²) < 4.78 is 0. The Morgan fingerprint density at radius 2 is 1.75 bits per heavy atom. The van der Waals surface area contributed by atoms with Crippen LogP contribution in [-0.2, 0) is 4.79 Å². The molecule has 1 fully saturated rings. The Bertz CT molecular complexity index is 252. The van der Waals surface area contributed by atoms with Gasteiger partial charge in [0.2, 0.25) is 5.91 Å². The first kappa shape index (κ1) is 13.8. The third-order valence-corrected chi connectivity index (χ3v) is 4.16. The van der Waals surface area contributed by atoms with Gasteiger partial charge in [0.1, 0.15) is 0 Å². The molecular formula is C12H24N2OS. The summed E-state index contributed by atoms with van der Waals surface area (Å²) in [5.74, 6) is 0.103. The lowest BCUT2D eigenvalue weighted by molar-refractivity contribution is -0.135. The second kappa shape index (κ2) is 4.96. The fourth-order valence-corrected chi connectivity index (χ4v) is 3.25. The van der Waals surface area contributed by atoms with Crippen LogP contribution in [0.2, 0.25) is 0 Å². The second-order valence-electron chi connectivity index (χ2n) is 5.84. The molecule has 1 heterocycles. The minimum atomic E-state index is -0.394. The van der Waals surface area contributed by atoms with Crippen LogP contribution in [0.3, 0.4) is 0 Å². The molecule has 0 radical (unpaired) electrons. The highest BCUT2D eigenvalue weighted by Crippen LogP contribution is 2.27. The summed E-state index contributed by atoms with van der Waals surface area (Å²) in [5.41, 5.74) is 5.86. The zero-order valence-corrected chi connectivity index (χ0v) is 11.8. The third-order valence-electron chi connectivity index (χ3n) is 2.93. The van der Waals surface area contributed by atoms with Crippen molar-refractivity contribution >= 4 is 17.7 Å². The maximum absolute atomic E-state index is 12.2. The van der Waals surface area contributed by atoms with Crippen molar-refractivity contribution in [3.05, 3.63) is 0 Å². The number of carbonyl (C=O) groups is 1. The van der Waals surface area contributed by atoms with Crippen LogP contribution in [0.15, 0.2) is 0 Å². The molecule has 0 aromatic heterocycles. The molecule has 0 bridgehead atoms. The van der Waals surface area contributed by atoms with Gasteiger partial charge < -0.3 is 10.6 Å². The van der Waals surface area contributed by atoms with E-state index < -0.39 is 6.04 Å². The van der Waals surface area contributed by atoms with Crippen molar-refractivity contribution in [3.63, 3.8) is 0 Å². The number of amides is 1. The Morgan fingerprint density at radius 3 is 2.12 bits per heavy atom. The Balaban J connectivity index is 2.67. The van der Waals surface area contributed by atoms with Crippen LogP contribution in [-0.4, -0.2) is 40.4 Å². The van der Waals surface area contributed by atoms with E-state index in [1.807, 2.05) is 37.4 Å². The molecule has 94 valence electrons. The minimum absolute atomic E-state index is 0.103. The number of thioether (sulfide) groups is 1. The van der Waals surface area contributed by atoms with Gasteiger partial charge in [0.25, 0.3) is 0 Å². The molecule has 0 saturated carbocycles. The smallest absolute Gasteiger partial charge is 0.240 e. The Kier molecular flexibility index (Phi) is 4.29. The molecule has 16 heavy (non-hydrogen) atoms. The zero-order chi connectivity index (χ0) is 12.5. The first-order valence-corrected chi connectivity index (χ1v) is 6.86. The fraction of sp³-hybridized carbons (Fsp3) is 0.917. The molecule has 1 aliphatic rings. The topological polar surface area (TPSA) is 46.3 Å². The van der Waals surface area contributed by atoms with E-state index in [2.05, 4.69) is 13.8 Å². The minimum Gasteiger partial charge on any atom is -0.339 e. The van der Waals surface area contributed by atoms with Gasteiger partial charge in [-0.25, -0.2) is 0 Å². The van der Waals surface area contributed by atoms with Gasteiger partial charge in [0.15, 0.2) is 0 Å². The summed E-state index contributed by atoms with van der Waals surface area (Å²) in [6.45, 7) is 12.0. The monoisotopic (exact) mass is 244 g/mol. The van der Waals surface area contributed by atoms with Crippen LogP contribution in [0.4, 0.5) is 0 Å². The van der Waals surface area contributed by atoms with Gasteiger partial charge in [-0.05, 0) is 5.41 Å². The lowest BCUT2D eigenvalue weighted by Crippen LogP contribution is -2.54. The van der Waals surface area contributed by atoms with E-state index in [1.165, 1.54) is 0 Å². The van der Waals surface area contributed by atoms with Gasteiger partial charge in [-0.1, -0.05) is 34.6 Å². The molecular weight excluding hydrogens is 220 g/mol. The molecule has 1 saturated heterocycles. The van der Waals surface area contributed by atoms with E-state index in [9.17, 15) is 4.79 Å². The quantitative estimate of drug-likeness (QED) is 0.764. The molecule has 0 aliphatic carbocycles. The van der Waals surface area contributed by atoms with Crippen LogP contribution in [0, 0.1) is 5.41 Å². The van der Waals surface area contributed by atoms with Crippen LogP contribution in [0.5, 0.6) is 0 Å². The van der Waals surface area contributed by atoms with Crippen molar-refractivity contribution in [1.82, 2.24) is 4.90 Å². The van der Waals surface area contributed by atoms with Crippen LogP contribution < -0.4 is 5.73 Å². The van der Waals surface area contributed by atoms with Gasteiger partial charge in [-0.2, -0.15) is 11.8 Å². The SMILES string of the molecule is CC1CN(C(=O)[C@@H](N)C(C)(C)C)CC(C)S1. The average Bonchev–Trinajstić information content (AvgIpc) is 2.12. The highest BCUT2D eigenvalue weighted by Gasteiger charge is 2.34. The molecule has 0 aromatic rings. The number of carbonyl (C=O) groups excluding carboxylic acids is 1. The van der Waals surface area contributed by atoms with E-state index in [0.29, 0.717) is 10.5 Å². The summed E-state index contributed by atoms with van der Waals surface area (Å²) in [7, 11) is 0. The number of hydrogen-bond donors (Lipinski definition) is 1. The van der Waals surface area contributed by atoms with E-state index in [-0.39, 0.29) is 11.3 Å². The largest absolute Gasteiger partial charge is 0.339 e. The zero-order valence-electron chi connectivity index (χ0n) is 11.0. The lowest BCUT2D eigenvalue weighted by atomic mass is 9.86. The third kappa shape index (κ3) is 3.39. The van der Waals surface area contributed by atoms with Crippen LogP contribution >= 0.6 is 11.8 Å². The molecule has 4 heteroatoms. The van der Waals surface area contributed by atoms with Crippen molar-refractivity contribution in [1.29, 1.82) is 0 Å². The number of nitrogens with two attached hydrogens (primary N) is 1. The van der Waals surface area contributed by atoms with Crippen molar-refractivity contribution in [2.75, 3.05) is 13.1 Å². The normalized spacial score (nSPS) is 29.0. The number of rotatable bonds is 1. The molecule has 1 aliphatic heterocycles. The molecule has 3 atom stereocenters. The maximum Gasteiger partial charge on any atom is 0.240 e. The lowest BCUT2D eigenvalue weighted by Gasteiger charge is -2.38. The highest BCUT2D eigenvalue weighted by molar-refractivity contribution is 8.00. The molecule has 1 rings (SSSR count). The van der Waals surface area contributed by atoms with Gasteiger partial charge in [-0.15, -0.1) is 0 Å². The molecule has 0 spiro atoms. The second-order valence-corrected chi connectivity index (χ2v) is 7.73. The first-order chi connectivity index (χ1) is 7.21. The predicted molar refractivity (Wildman–Crippen MR) is 70.5 cm³/mol. The average molecular weight is 244 g/mol. The molecule has 3 nitrogen and oxygen atoms in total. The Labute approximate surface area is 103 Å². The molecule has 0 aromatic carbocycles. The van der Waals surface area contributed by atoms with Crippen LogP contribution in [0.1, 0.15) is 34.6 Å². The Morgan fingerprint density at radius 1 is 1.31 bits per heavy atom. The van der Waals surface area contributed by atoms with Gasteiger partial charge in [0, 0.05) is 23.6 Å². The van der Waals surface area contributed by atoms with Crippen molar-refractivity contribution < 1.29 is 4.79 Å². The Hall–Kier alpha value is -0.220. The molecule has 2 unspecified atom stereocenters. The summed E-state index contributed by atoms with van der Waals surface area (Å²) >= 11 is 1.95. The van der Waals surface area contributed by atoms with E-state index in [0.717, 1.165) is 13.1 Å². The van der Waals surface area contributed by atoms with Gasteiger partial charge in [-0.3, -0.25) is 4.79 Å². The first-order valence-electron chi connectivity index (χ1n) is 5.91. The van der Waals surface area contributed by atoms with Crippen LogP contribution in [0.25, 0.3) is 0 Å². The summed E-state index contributed by atoms with van der Waals surface area (Å²) in [4.78, 5) is 14.2. The van der Waals surface area contributed by atoms with Gasteiger partial charge in [0.05, 0.1) is 6.04 Å². The van der Waals surface area contributed by atoms with E-state index >= 15 is 0 Å². The summed E-state index contributed by atoms with van der Waals surface area (Å²) in [6, 6.07) is -0.394. The molecule has 2 N–H and O–H groups in total. The van der Waals surface area contributed by atoms with Gasteiger partial charge >= 0.3 is 0 Å². The highest BCUT2D eigenvalue weighted by atomic mass is 32.2. The fourth-order valence-electron chi connectivity index (χ4n) is 1.92. The van der Waals surface area contributed by atoms with E-state index in [1.54, 1.807) is 0 Å². The number of nitrogens with zero attached hydrogens (tertiary/aromatic N) is 1.